The summed E-state index contributed by atoms with van der Waals surface area (Å²) in [5.74, 6) is 0.704. The zero-order chi connectivity index (χ0) is 21.7. The molecule has 0 heterocycles. The predicted molar refractivity (Wildman–Crippen MR) is 122 cm³/mol. The molecule has 0 aliphatic heterocycles. The topological polar surface area (TPSA) is 67.4 Å². The summed E-state index contributed by atoms with van der Waals surface area (Å²) in [4.78, 5) is 24.9. The van der Waals surface area contributed by atoms with E-state index in [4.69, 9.17) is 4.74 Å². The Balaban J connectivity index is 1.76. The molecular formula is C25H46N2O3. The fourth-order valence-corrected chi connectivity index (χ4v) is 5.21. The molecule has 0 aromatic rings. The molecule has 2 rings (SSSR count). The number of carbonyl (C=O) groups is 2. The highest BCUT2D eigenvalue weighted by Gasteiger charge is 2.34. The number of rotatable bonds is 6. The van der Waals surface area contributed by atoms with Gasteiger partial charge >= 0.3 is 5.97 Å². The summed E-state index contributed by atoms with van der Waals surface area (Å²) in [6, 6.07) is 0.159. The van der Waals surface area contributed by atoms with Gasteiger partial charge in [-0.25, -0.2) is 0 Å². The van der Waals surface area contributed by atoms with E-state index in [2.05, 4.69) is 10.6 Å². The minimum Gasteiger partial charge on any atom is -0.469 e. The Hall–Kier alpha value is -1.10. The van der Waals surface area contributed by atoms with Crippen LogP contribution in [0.4, 0.5) is 0 Å². The van der Waals surface area contributed by atoms with E-state index >= 15 is 0 Å². The highest BCUT2D eigenvalue weighted by atomic mass is 16.5. The molecule has 2 aliphatic rings. The lowest BCUT2D eigenvalue weighted by Crippen LogP contribution is -2.42. The molecular weight excluding hydrogens is 376 g/mol. The fraction of sp³-hybridized carbons (Fsp3) is 0.920. The van der Waals surface area contributed by atoms with Gasteiger partial charge < -0.3 is 15.4 Å². The van der Waals surface area contributed by atoms with Crippen LogP contribution in [-0.2, 0) is 14.3 Å². The van der Waals surface area contributed by atoms with Crippen LogP contribution in [0.3, 0.4) is 0 Å². The van der Waals surface area contributed by atoms with Crippen molar-refractivity contribution in [3.8, 4) is 0 Å². The molecule has 30 heavy (non-hydrogen) atoms. The van der Waals surface area contributed by atoms with Crippen LogP contribution in [0.1, 0.15) is 110 Å². The lowest BCUT2D eigenvalue weighted by Gasteiger charge is -2.30. The average molecular weight is 423 g/mol. The van der Waals surface area contributed by atoms with Crippen molar-refractivity contribution in [2.45, 2.75) is 116 Å². The molecule has 0 radical (unpaired) electrons. The molecule has 5 heteroatoms. The number of methoxy groups -OCH3 is 1. The van der Waals surface area contributed by atoms with E-state index in [-0.39, 0.29) is 17.9 Å². The van der Waals surface area contributed by atoms with Gasteiger partial charge in [-0.1, -0.05) is 64.2 Å². The van der Waals surface area contributed by atoms with Gasteiger partial charge in [-0.3, -0.25) is 9.59 Å². The second-order valence-electron chi connectivity index (χ2n) is 10.0. The summed E-state index contributed by atoms with van der Waals surface area (Å²) in [5.41, 5.74) is -0.426. The summed E-state index contributed by atoms with van der Waals surface area (Å²) in [6.45, 7) is 3.39. The van der Waals surface area contributed by atoms with E-state index in [0.717, 1.165) is 51.5 Å². The highest BCUT2D eigenvalue weighted by molar-refractivity contribution is 5.78. The van der Waals surface area contributed by atoms with E-state index in [1.54, 1.807) is 0 Å². The van der Waals surface area contributed by atoms with Crippen LogP contribution in [0.5, 0.6) is 0 Å². The van der Waals surface area contributed by atoms with Gasteiger partial charge in [0.1, 0.15) is 0 Å². The van der Waals surface area contributed by atoms with Crippen LogP contribution in [0.2, 0.25) is 0 Å². The molecule has 2 unspecified atom stereocenters. The van der Waals surface area contributed by atoms with Crippen LogP contribution in [-0.4, -0.2) is 38.1 Å². The Labute approximate surface area is 184 Å². The molecule has 2 atom stereocenters. The van der Waals surface area contributed by atoms with Crippen molar-refractivity contribution >= 4 is 11.9 Å². The Kier molecular flexibility index (Phi) is 11.8. The first-order valence-corrected chi connectivity index (χ1v) is 12.6. The van der Waals surface area contributed by atoms with E-state index in [1.807, 2.05) is 6.92 Å². The van der Waals surface area contributed by atoms with Crippen molar-refractivity contribution in [3.05, 3.63) is 0 Å². The standard InChI is InChI=1S/C25H46N2O3/c1-25(24(29)30-2)17-12-8-7-11-15-22(16-18-25)27-23(28)20-26-19-21-13-9-5-3-4-6-10-14-21/h21-22,26H,3-20H2,1-2H3,(H,27,28). The molecule has 2 fully saturated rings. The molecule has 0 saturated heterocycles. The monoisotopic (exact) mass is 422 g/mol. The molecule has 1 amide bonds. The fourth-order valence-electron chi connectivity index (χ4n) is 5.21. The lowest BCUT2D eigenvalue weighted by atomic mass is 9.78. The second-order valence-corrected chi connectivity index (χ2v) is 10.0. The molecule has 2 aliphatic carbocycles. The van der Waals surface area contributed by atoms with Crippen LogP contribution < -0.4 is 10.6 Å². The van der Waals surface area contributed by atoms with E-state index in [1.165, 1.54) is 64.9 Å². The quantitative estimate of drug-likeness (QED) is 0.583. The minimum atomic E-state index is -0.426. The number of ether oxygens (including phenoxy) is 1. The zero-order valence-electron chi connectivity index (χ0n) is 19.6. The zero-order valence-corrected chi connectivity index (χ0v) is 19.6. The maximum atomic E-state index is 12.6. The van der Waals surface area contributed by atoms with Crippen molar-refractivity contribution in [2.75, 3.05) is 20.2 Å². The minimum absolute atomic E-state index is 0.0971. The number of amides is 1. The molecule has 0 spiro atoms. The predicted octanol–water partition coefficient (Wildman–Crippen LogP) is 5.13. The van der Waals surface area contributed by atoms with Crippen LogP contribution in [0.25, 0.3) is 0 Å². The van der Waals surface area contributed by atoms with Crippen molar-refractivity contribution in [1.82, 2.24) is 10.6 Å². The van der Waals surface area contributed by atoms with Crippen molar-refractivity contribution < 1.29 is 14.3 Å². The van der Waals surface area contributed by atoms with Crippen LogP contribution >= 0.6 is 0 Å². The molecule has 0 aromatic heterocycles. The molecule has 0 aromatic carbocycles. The number of carbonyl (C=O) groups excluding carboxylic acids is 2. The van der Waals surface area contributed by atoms with Gasteiger partial charge in [0.25, 0.3) is 0 Å². The Bertz CT molecular complexity index is 501. The van der Waals surface area contributed by atoms with Gasteiger partial charge in [0.2, 0.25) is 5.91 Å². The van der Waals surface area contributed by atoms with Crippen LogP contribution in [0.15, 0.2) is 0 Å². The SMILES string of the molecule is COC(=O)C1(C)CCCCCCC(NC(=O)CNCC2CCCCCCCC2)CC1. The number of nitrogens with one attached hydrogen (secondary N) is 2. The van der Waals surface area contributed by atoms with E-state index in [0.29, 0.717) is 12.5 Å². The summed E-state index contributed by atoms with van der Waals surface area (Å²) in [7, 11) is 1.48. The molecule has 174 valence electrons. The van der Waals surface area contributed by atoms with E-state index < -0.39 is 5.41 Å². The van der Waals surface area contributed by atoms with Gasteiger partial charge in [0.15, 0.2) is 0 Å². The Morgan fingerprint density at radius 2 is 1.43 bits per heavy atom. The van der Waals surface area contributed by atoms with Gasteiger partial charge in [-0.2, -0.15) is 0 Å². The molecule has 2 saturated carbocycles. The summed E-state index contributed by atoms with van der Waals surface area (Å²) < 4.78 is 5.08. The van der Waals surface area contributed by atoms with Crippen molar-refractivity contribution in [3.63, 3.8) is 0 Å². The summed E-state index contributed by atoms with van der Waals surface area (Å²) in [6.07, 6.45) is 18.8. The second kappa shape index (κ2) is 14.1. The van der Waals surface area contributed by atoms with Gasteiger partial charge in [0, 0.05) is 6.04 Å². The maximum absolute atomic E-state index is 12.6. The normalized spacial score (nSPS) is 27.9. The number of hydrogen-bond donors (Lipinski definition) is 2. The third kappa shape index (κ3) is 9.36. The van der Waals surface area contributed by atoms with Gasteiger partial charge in [-0.05, 0) is 57.9 Å². The number of esters is 1. The lowest BCUT2D eigenvalue weighted by molar-refractivity contribution is -0.153. The first-order chi connectivity index (χ1) is 14.5. The van der Waals surface area contributed by atoms with Gasteiger partial charge in [0.05, 0.1) is 19.1 Å². The Morgan fingerprint density at radius 3 is 2.10 bits per heavy atom. The Morgan fingerprint density at radius 1 is 0.833 bits per heavy atom. The summed E-state index contributed by atoms with van der Waals surface area (Å²) in [5, 5.41) is 6.67. The largest absolute Gasteiger partial charge is 0.469 e. The maximum Gasteiger partial charge on any atom is 0.311 e. The highest BCUT2D eigenvalue weighted by Crippen LogP contribution is 2.34. The first-order valence-electron chi connectivity index (χ1n) is 12.6. The number of hydrogen-bond acceptors (Lipinski definition) is 4. The average Bonchev–Trinajstić information content (AvgIpc) is 2.87. The molecule has 5 nitrogen and oxygen atoms in total. The third-order valence-corrected chi connectivity index (χ3v) is 7.31. The van der Waals surface area contributed by atoms with Gasteiger partial charge in [-0.15, -0.1) is 0 Å². The third-order valence-electron chi connectivity index (χ3n) is 7.31. The molecule has 0 bridgehead atoms. The summed E-state index contributed by atoms with van der Waals surface area (Å²) >= 11 is 0. The first kappa shape index (κ1) is 25.2. The van der Waals surface area contributed by atoms with Crippen molar-refractivity contribution in [1.29, 1.82) is 0 Å². The smallest absolute Gasteiger partial charge is 0.311 e. The van der Waals surface area contributed by atoms with E-state index in [9.17, 15) is 9.59 Å². The van der Waals surface area contributed by atoms with Crippen molar-refractivity contribution in [2.24, 2.45) is 11.3 Å². The molecule has 2 N–H and O–H groups in total. The van der Waals surface area contributed by atoms with Crippen LogP contribution in [0, 0.1) is 11.3 Å².